The Labute approximate surface area is 107 Å². The summed E-state index contributed by atoms with van der Waals surface area (Å²) in [7, 11) is 1.71. The molecule has 1 N–H and O–H groups in total. The fourth-order valence-electron chi connectivity index (χ4n) is 1.32. The zero-order valence-electron chi connectivity index (χ0n) is 12.6. The van der Waals surface area contributed by atoms with Crippen molar-refractivity contribution in [1.82, 2.24) is 0 Å². The monoisotopic (exact) mass is 239 g/mol. The lowest BCUT2D eigenvalue weighted by molar-refractivity contribution is 0.413. The molecule has 0 aliphatic heterocycles. The number of hydrogen-bond acceptors (Lipinski definition) is 2. The molecule has 1 aromatic rings. The Balaban J connectivity index is 0. The van der Waals surface area contributed by atoms with Gasteiger partial charge in [-0.2, -0.15) is 0 Å². The zero-order valence-corrected chi connectivity index (χ0v) is 12.6. The number of rotatable bonds is 4. The molecule has 2 nitrogen and oxygen atoms in total. The second-order valence-electron chi connectivity index (χ2n) is 3.08. The smallest absolute Gasteiger partial charge is 0.144 e. The SMILES string of the molecule is CC.CC.CCCNc1cccc(C)c1OC. The lowest BCUT2D eigenvalue weighted by Gasteiger charge is -2.12. The predicted octanol–water partition coefficient (Wildman–Crippen LogP) is 4.88. The quantitative estimate of drug-likeness (QED) is 0.808. The molecule has 2 heteroatoms. The number of anilines is 1. The summed E-state index contributed by atoms with van der Waals surface area (Å²) in [6.45, 7) is 13.2. The maximum Gasteiger partial charge on any atom is 0.144 e. The minimum atomic E-state index is 0.955. The average Bonchev–Trinajstić information content (AvgIpc) is 2.41. The normalized spacial score (nSPS) is 8.18. The highest BCUT2D eigenvalue weighted by Gasteiger charge is 2.03. The van der Waals surface area contributed by atoms with Crippen LogP contribution >= 0.6 is 0 Å². The first kappa shape index (κ1) is 18.2. The van der Waals surface area contributed by atoms with Gasteiger partial charge in [-0.3, -0.25) is 0 Å². The lowest BCUT2D eigenvalue weighted by atomic mass is 10.2. The molecule has 0 radical (unpaired) electrons. The molecular formula is C15H29NO. The number of methoxy groups -OCH3 is 1. The largest absolute Gasteiger partial charge is 0.494 e. The maximum absolute atomic E-state index is 5.31. The third kappa shape index (κ3) is 6.88. The van der Waals surface area contributed by atoms with Crippen LogP contribution in [0.5, 0.6) is 5.75 Å². The summed E-state index contributed by atoms with van der Waals surface area (Å²) in [5.41, 5.74) is 2.26. The molecule has 0 fully saturated rings. The van der Waals surface area contributed by atoms with E-state index >= 15 is 0 Å². The van der Waals surface area contributed by atoms with Gasteiger partial charge in [-0.1, -0.05) is 46.8 Å². The topological polar surface area (TPSA) is 21.3 Å². The van der Waals surface area contributed by atoms with Crippen LogP contribution in [-0.2, 0) is 0 Å². The fourth-order valence-corrected chi connectivity index (χ4v) is 1.32. The minimum absolute atomic E-state index is 0.955. The van der Waals surface area contributed by atoms with Crippen molar-refractivity contribution in [3.63, 3.8) is 0 Å². The third-order valence-corrected chi connectivity index (χ3v) is 1.98. The molecule has 0 saturated carbocycles. The molecule has 17 heavy (non-hydrogen) atoms. The van der Waals surface area contributed by atoms with Crippen LogP contribution in [0.25, 0.3) is 0 Å². The first-order valence-corrected chi connectivity index (χ1v) is 6.67. The van der Waals surface area contributed by atoms with E-state index in [1.165, 1.54) is 5.56 Å². The van der Waals surface area contributed by atoms with Crippen LogP contribution in [0.2, 0.25) is 0 Å². The minimum Gasteiger partial charge on any atom is -0.494 e. The van der Waals surface area contributed by atoms with Crippen LogP contribution in [0.15, 0.2) is 18.2 Å². The zero-order chi connectivity index (χ0) is 13.7. The van der Waals surface area contributed by atoms with E-state index in [1.54, 1.807) is 7.11 Å². The molecule has 0 atom stereocenters. The number of hydrogen-bond donors (Lipinski definition) is 1. The van der Waals surface area contributed by atoms with E-state index in [2.05, 4.69) is 25.2 Å². The van der Waals surface area contributed by atoms with Gasteiger partial charge in [0.05, 0.1) is 12.8 Å². The Hall–Kier alpha value is -1.18. The summed E-state index contributed by atoms with van der Waals surface area (Å²) in [4.78, 5) is 0. The summed E-state index contributed by atoms with van der Waals surface area (Å²) in [5, 5.41) is 3.33. The highest BCUT2D eigenvalue weighted by atomic mass is 16.5. The molecular weight excluding hydrogens is 210 g/mol. The van der Waals surface area contributed by atoms with Crippen molar-refractivity contribution >= 4 is 5.69 Å². The molecule has 0 aliphatic carbocycles. The van der Waals surface area contributed by atoms with Crippen LogP contribution in [0.1, 0.15) is 46.6 Å². The van der Waals surface area contributed by atoms with Crippen LogP contribution in [0, 0.1) is 6.92 Å². The summed E-state index contributed by atoms with van der Waals surface area (Å²) >= 11 is 0. The van der Waals surface area contributed by atoms with Gasteiger partial charge in [0.25, 0.3) is 0 Å². The van der Waals surface area contributed by atoms with Gasteiger partial charge in [0, 0.05) is 6.54 Å². The van der Waals surface area contributed by atoms with Gasteiger partial charge in [-0.05, 0) is 25.0 Å². The second kappa shape index (κ2) is 12.9. The van der Waals surface area contributed by atoms with Crippen LogP contribution < -0.4 is 10.1 Å². The molecule has 0 heterocycles. The molecule has 0 amide bonds. The van der Waals surface area contributed by atoms with Crippen molar-refractivity contribution in [3.8, 4) is 5.75 Å². The highest BCUT2D eigenvalue weighted by molar-refractivity contribution is 5.59. The summed E-state index contributed by atoms with van der Waals surface area (Å²) in [5.74, 6) is 0.955. The number of ether oxygens (including phenoxy) is 1. The van der Waals surface area contributed by atoms with Gasteiger partial charge in [-0.25, -0.2) is 0 Å². The van der Waals surface area contributed by atoms with Crippen LogP contribution in [-0.4, -0.2) is 13.7 Å². The van der Waals surface area contributed by atoms with E-state index in [1.807, 2.05) is 39.8 Å². The molecule has 0 bridgehead atoms. The Morgan fingerprint density at radius 1 is 1.12 bits per heavy atom. The van der Waals surface area contributed by atoms with Gasteiger partial charge in [0.15, 0.2) is 0 Å². The van der Waals surface area contributed by atoms with Crippen molar-refractivity contribution < 1.29 is 4.74 Å². The van der Waals surface area contributed by atoms with Crippen molar-refractivity contribution in [2.75, 3.05) is 19.0 Å². The molecule has 1 rings (SSSR count). The first-order chi connectivity index (χ1) is 8.29. The van der Waals surface area contributed by atoms with E-state index in [0.717, 1.165) is 24.4 Å². The Morgan fingerprint density at radius 3 is 2.18 bits per heavy atom. The van der Waals surface area contributed by atoms with E-state index in [-0.39, 0.29) is 0 Å². The summed E-state index contributed by atoms with van der Waals surface area (Å²) in [6.07, 6.45) is 1.12. The molecule has 0 spiro atoms. The van der Waals surface area contributed by atoms with E-state index in [4.69, 9.17) is 4.74 Å². The van der Waals surface area contributed by atoms with Gasteiger partial charge < -0.3 is 10.1 Å². The highest BCUT2D eigenvalue weighted by Crippen LogP contribution is 2.27. The molecule has 100 valence electrons. The van der Waals surface area contributed by atoms with E-state index in [9.17, 15) is 0 Å². The number of para-hydroxylation sites is 1. The Morgan fingerprint density at radius 2 is 1.71 bits per heavy atom. The third-order valence-electron chi connectivity index (χ3n) is 1.98. The fraction of sp³-hybridized carbons (Fsp3) is 0.600. The molecule has 0 aromatic heterocycles. The lowest BCUT2D eigenvalue weighted by Crippen LogP contribution is -2.02. The average molecular weight is 239 g/mol. The van der Waals surface area contributed by atoms with Crippen LogP contribution in [0.3, 0.4) is 0 Å². The number of nitrogens with one attached hydrogen (secondary N) is 1. The maximum atomic E-state index is 5.31. The molecule has 0 unspecified atom stereocenters. The van der Waals surface area contributed by atoms with Gasteiger partial charge in [-0.15, -0.1) is 0 Å². The summed E-state index contributed by atoms with van der Waals surface area (Å²) < 4.78 is 5.31. The number of benzene rings is 1. The summed E-state index contributed by atoms with van der Waals surface area (Å²) in [6, 6.07) is 6.13. The Bertz CT molecular complexity index is 272. The first-order valence-electron chi connectivity index (χ1n) is 6.67. The van der Waals surface area contributed by atoms with Gasteiger partial charge in [0.2, 0.25) is 0 Å². The van der Waals surface area contributed by atoms with Gasteiger partial charge in [0.1, 0.15) is 5.75 Å². The molecule has 1 aromatic carbocycles. The van der Waals surface area contributed by atoms with Crippen molar-refractivity contribution in [2.24, 2.45) is 0 Å². The van der Waals surface area contributed by atoms with Crippen molar-refractivity contribution in [3.05, 3.63) is 23.8 Å². The van der Waals surface area contributed by atoms with E-state index in [0.29, 0.717) is 0 Å². The standard InChI is InChI=1S/C11H17NO.2C2H6/c1-4-8-12-10-7-5-6-9(2)11(10)13-3;2*1-2/h5-7,12H,4,8H2,1-3H3;2*1-2H3. The number of aryl methyl sites for hydroxylation is 1. The van der Waals surface area contributed by atoms with Crippen LogP contribution in [0.4, 0.5) is 5.69 Å². The molecule has 0 aliphatic rings. The van der Waals surface area contributed by atoms with Crippen molar-refractivity contribution in [2.45, 2.75) is 48.0 Å². The Kier molecular flexibility index (Phi) is 13.8. The van der Waals surface area contributed by atoms with Crippen molar-refractivity contribution in [1.29, 1.82) is 0 Å². The van der Waals surface area contributed by atoms with Gasteiger partial charge >= 0.3 is 0 Å². The molecule has 0 saturated heterocycles. The van der Waals surface area contributed by atoms with E-state index < -0.39 is 0 Å². The predicted molar refractivity (Wildman–Crippen MR) is 79.2 cm³/mol. The second-order valence-corrected chi connectivity index (χ2v) is 3.08.